The lowest BCUT2D eigenvalue weighted by Gasteiger charge is -2.18. The Labute approximate surface area is 143 Å². The molecule has 0 radical (unpaired) electrons. The number of pyridine rings is 1. The van der Waals surface area contributed by atoms with Crippen LogP contribution < -0.4 is 5.32 Å². The van der Waals surface area contributed by atoms with Crippen LogP contribution in [0, 0.1) is 0 Å². The molecule has 1 aliphatic carbocycles. The van der Waals surface area contributed by atoms with Crippen LogP contribution in [0.5, 0.6) is 5.75 Å². The van der Waals surface area contributed by atoms with E-state index in [0.717, 1.165) is 18.5 Å². The van der Waals surface area contributed by atoms with Crippen molar-refractivity contribution in [1.82, 2.24) is 15.5 Å². The summed E-state index contributed by atoms with van der Waals surface area (Å²) in [7, 11) is 0. The number of nitrogens with zero attached hydrogens (tertiary/aromatic N) is 2. The van der Waals surface area contributed by atoms with E-state index in [1.165, 1.54) is 31.5 Å². The summed E-state index contributed by atoms with van der Waals surface area (Å²) in [5.74, 6) is -1.42. The lowest BCUT2D eigenvalue weighted by Crippen LogP contribution is -2.29. The molecule has 0 aliphatic heterocycles. The molecule has 132 valence electrons. The molecule has 1 saturated carbocycles. The van der Waals surface area contributed by atoms with Crippen molar-refractivity contribution >= 4 is 11.9 Å². The third-order valence-corrected chi connectivity index (χ3v) is 4.32. The minimum Gasteiger partial charge on any atom is -0.505 e. The molecule has 0 bridgehead atoms. The number of aliphatic carboxylic acids is 1. The molecule has 0 aromatic carbocycles. The lowest BCUT2D eigenvalue weighted by atomic mass is 9.87. The third-order valence-electron chi connectivity index (χ3n) is 4.32. The zero-order valence-electron chi connectivity index (χ0n) is 13.6. The Morgan fingerprint density at radius 3 is 2.68 bits per heavy atom. The van der Waals surface area contributed by atoms with E-state index >= 15 is 0 Å². The van der Waals surface area contributed by atoms with E-state index in [9.17, 15) is 14.7 Å². The van der Waals surface area contributed by atoms with Gasteiger partial charge in [-0.2, -0.15) is 0 Å². The first kappa shape index (κ1) is 16.9. The van der Waals surface area contributed by atoms with Gasteiger partial charge in [0.05, 0.1) is 5.69 Å². The highest BCUT2D eigenvalue weighted by molar-refractivity contribution is 5.96. The number of carbonyl (C=O) groups excluding carboxylic acids is 1. The maximum absolute atomic E-state index is 11.8. The van der Waals surface area contributed by atoms with E-state index in [1.807, 2.05) is 6.07 Å². The highest BCUT2D eigenvalue weighted by Gasteiger charge is 2.21. The molecule has 1 fully saturated rings. The van der Waals surface area contributed by atoms with Crippen molar-refractivity contribution in [3.63, 3.8) is 0 Å². The van der Waals surface area contributed by atoms with Gasteiger partial charge in [0, 0.05) is 23.7 Å². The quantitative estimate of drug-likeness (QED) is 0.759. The SMILES string of the molecule is O=C(O)CNC(=O)c1ncc(-c2cc(C3CCCCC3)no2)cc1O. The highest BCUT2D eigenvalue weighted by Crippen LogP contribution is 2.34. The minimum atomic E-state index is -1.18. The van der Waals surface area contributed by atoms with Gasteiger partial charge in [-0.25, -0.2) is 4.98 Å². The molecule has 2 aromatic rings. The molecule has 3 rings (SSSR count). The number of hydrogen-bond donors (Lipinski definition) is 3. The van der Waals surface area contributed by atoms with Gasteiger partial charge >= 0.3 is 5.97 Å². The van der Waals surface area contributed by atoms with E-state index in [-0.39, 0.29) is 11.4 Å². The molecular weight excluding hydrogens is 326 g/mol. The molecule has 0 spiro atoms. The molecule has 8 nitrogen and oxygen atoms in total. The summed E-state index contributed by atoms with van der Waals surface area (Å²) >= 11 is 0. The Morgan fingerprint density at radius 2 is 2.00 bits per heavy atom. The Kier molecular flexibility index (Phi) is 4.97. The van der Waals surface area contributed by atoms with Gasteiger partial charge in [-0.05, 0) is 18.9 Å². The fraction of sp³-hybridized carbons (Fsp3) is 0.412. The molecule has 25 heavy (non-hydrogen) atoms. The van der Waals surface area contributed by atoms with Crippen molar-refractivity contribution in [1.29, 1.82) is 0 Å². The second-order valence-corrected chi connectivity index (χ2v) is 6.12. The Hall–Kier alpha value is -2.90. The number of rotatable bonds is 5. The van der Waals surface area contributed by atoms with Crippen LogP contribution in [0.15, 0.2) is 22.9 Å². The minimum absolute atomic E-state index is 0.239. The van der Waals surface area contributed by atoms with E-state index in [4.69, 9.17) is 9.63 Å². The molecule has 0 unspecified atom stereocenters. The van der Waals surface area contributed by atoms with E-state index < -0.39 is 18.4 Å². The van der Waals surface area contributed by atoms with Crippen LogP contribution in [0.2, 0.25) is 0 Å². The van der Waals surface area contributed by atoms with Crippen LogP contribution >= 0.6 is 0 Å². The summed E-state index contributed by atoms with van der Waals surface area (Å²) in [5, 5.41) is 24.8. The lowest BCUT2D eigenvalue weighted by molar-refractivity contribution is -0.135. The maximum atomic E-state index is 11.8. The van der Waals surface area contributed by atoms with Gasteiger partial charge in [0.2, 0.25) is 0 Å². The summed E-state index contributed by atoms with van der Waals surface area (Å²) in [5.41, 5.74) is 1.16. The van der Waals surface area contributed by atoms with Gasteiger partial charge in [-0.15, -0.1) is 0 Å². The van der Waals surface area contributed by atoms with Crippen LogP contribution in [-0.4, -0.2) is 38.8 Å². The number of nitrogens with one attached hydrogen (secondary N) is 1. The van der Waals surface area contributed by atoms with E-state index in [0.29, 0.717) is 17.2 Å². The standard InChI is InChI=1S/C17H19N3O5/c21-13-6-11(8-18-16(13)17(24)19-9-15(22)23)14-7-12(20-25-14)10-4-2-1-3-5-10/h6-8,10,21H,1-5,9H2,(H,19,24)(H,22,23). The predicted octanol–water partition coefficient (Wildman–Crippen LogP) is 2.30. The van der Waals surface area contributed by atoms with Crippen LogP contribution in [-0.2, 0) is 4.79 Å². The molecule has 0 atom stereocenters. The van der Waals surface area contributed by atoms with Crippen LogP contribution in [0.4, 0.5) is 0 Å². The van der Waals surface area contributed by atoms with Crippen molar-refractivity contribution in [3.8, 4) is 17.1 Å². The number of carboxylic acids is 1. The zero-order chi connectivity index (χ0) is 17.8. The molecular formula is C17H19N3O5. The smallest absolute Gasteiger partial charge is 0.322 e. The average Bonchev–Trinajstić information content (AvgIpc) is 3.10. The number of amides is 1. The largest absolute Gasteiger partial charge is 0.505 e. The Morgan fingerprint density at radius 1 is 1.24 bits per heavy atom. The molecule has 8 heteroatoms. The molecule has 2 aromatic heterocycles. The first-order valence-electron chi connectivity index (χ1n) is 8.20. The number of aromatic hydroxyl groups is 1. The second kappa shape index (κ2) is 7.33. The number of carboxylic acid groups (broad SMARTS) is 1. The number of aromatic nitrogens is 2. The molecule has 2 heterocycles. The van der Waals surface area contributed by atoms with Gasteiger partial charge in [0.25, 0.3) is 5.91 Å². The van der Waals surface area contributed by atoms with Gasteiger partial charge in [0.1, 0.15) is 12.3 Å². The van der Waals surface area contributed by atoms with Gasteiger partial charge < -0.3 is 20.1 Å². The topological polar surface area (TPSA) is 126 Å². The van der Waals surface area contributed by atoms with Gasteiger partial charge in [0.15, 0.2) is 11.5 Å². The van der Waals surface area contributed by atoms with Gasteiger partial charge in [-0.1, -0.05) is 24.4 Å². The van der Waals surface area contributed by atoms with Crippen molar-refractivity contribution in [2.75, 3.05) is 6.54 Å². The van der Waals surface area contributed by atoms with Gasteiger partial charge in [-0.3, -0.25) is 9.59 Å². The first-order chi connectivity index (χ1) is 12.0. The normalized spacial score (nSPS) is 15.0. The molecule has 1 aliphatic rings. The highest BCUT2D eigenvalue weighted by atomic mass is 16.5. The number of carbonyl (C=O) groups is 2. The zero-order valence-corrected chi connectivity index (χ0v) is 13.6. The molecule has 3 N–H and O–H groups in total. The summed E-state index contributed by atoms with van der Waals surface area (Å²) in [4.78, 5) is 26.2. The summed E-state index contributed by atoms with van der Waals surface area (Å²) in [6, 6.07) is 3.20. The van der Waals surface area contributed by atoms with Crippen molar-refractivity contribution in [2.24, 2.45) is 0 Å². The van der Waals surface area contributed by atoms with E-state index in [2.05, 4.69) is 15.5 Å². The van der Waals surface area contributed by atoms with Crippen molar-refractivity contribution in [3.05, 3.63) is 29.7 Å². The fourth-order valence-electron chi connectivity index (χ4n) is 3.02. The second-order valence-electron chi connectivity index (χ2n) is 6.12. The first-order valence-corrected chi connectivity index (χ1v) is 8.20. The Balaban J connectivity index is 1.75. The number of hydrogen-bond acceptors (Lipinski definition) is 6. The fourth-order valence-corrected chi connectivity index (χ4v) is 3.02. The molecule has 0 saturated heterocycles. The maximum Gasteiger partial charge on any atom is 0.322 e. The Bertz CT molecular complexity index is 780. The summed E-state index contributed by atoms with van der Waals surface area (Å²) in [6.45, 7) is -0.547. The molecule has 1 amide bonds. The van der Waals surface area contributed by atoms with Crippen LogP contribution in [0.3, 0.4) is 0 Å². The van der Waals surface area contributed by atoms with Crippen molar-refractivity contribution < 1.29 is 24.3 Å². The third kappa shape index (κ3) is 3.96. The average molecular weight is 345 g/mol. The van der Waals surface area contributed by atoms with Crippen LogP contribution in [0.25, 0.3) is 11.3 Å². The van der Waals surface area contributed by atoms with Crippen molar-refractivity contribution in [2.45, 2.75) is 38.0 Å². The summed E-state index contributed by atoms with van der Waals surface area (Å²) < 4.78 is 5.36. The van der Waals surface area contributed by atoms with Crippen LogP contribution in [0.1, 0.15) is 54.2 Å². The predicted molar refractivity (Wildman–Crippen MR) is 87.2 cm³/mol. The monoisotopic (exact) mass is 345 g/mol. The van der Waals surface area contributed by atoms with E-state index in [1.54, 1.807) is 0 Å². The summed E-state index contributed by atoms with van der Waals surface area (Å²) in [6.07, 6.45) is 7.21.